The highest BCUT2D eigenvalue weighted by Gasteiger charge is 2.32. The van der Waals surface area contributed by atoms with E-state index in [2.05, 4.69) is 10.1 Å². The van der Waals surface area contributed by atoms with Crippen molar-refractivity contribution in [2.45, 2.75) is 57.6 Å². The average Bonchev–Trinajstić information content (AvgIpc) is 3.19. The molecule has 1 aromatic carbocycles. The lowest BCUT2D eigenvalue weighted by atomic mass is 10.2. The number of esters is 1. The summed E-state index contributed by atoms with van der Waals surface area (Å²) in [5.74, 6) is -0.199. The molecule has 10 nitrogen and oxygen atoms in total. The van der Waals surface area contributed by atoms with Crippen molar-refractivity contribution in [1.82, 2.24) is 5.09 Å². The lowest BCUT2D eigenvalue weighted by molar-refractivity contribution is -0.142. The molecule has 174 valence electrons. The molecular formula is C20H32N3O7P. The van der Waals surface area contributed by atoms with Crippen LogP contribution in [0.3, 0.4) is 0 Å². The number of aliphatic hydroxyl groups is 1. The Balaban J connectivity index is 1.89. The second kappa shape index (κ2) is 13.6. The molecule has 0 bridgehead atoms. The zero-order valence-corrected chi connectivity index (χ0v) is 18.6. The molecule has 0 aromatic heterocycles. The summed E-state index contributed by atoms with van der Waals surface area (Å²) in [6, 6.07) is 8.55. The van der Waals surface area contributed by atoms with Gasteiger partial charge in [-0.3, -0.25) is 14.3 Å². The standard InChI is InChI=1S/C20H32N3O7P/c1-2-3-13-27-20(25)14-23-31(26,30-16-7-5-4-6-8-16)28-15-17-9-10-19(29-17)22-12-11-18(21)24/h4-8,12,17-19,24H,2-3,9-11,13-15,21H2,1H3,(H,23,26). The molecule has 0 amide bonds. The molecule has 2 rings (SSSR count). The molecule has 0 spiro atoms. The van der Waals surface area contributed by atoms with Crippen molar-refractivity contribution in [3.05, 3.63) is 30.3 Å². The van der Waals surface area contributed by atoms with Crippen LogP contribution in [0.5, 0.6) is 5.75 Å². The Morgan fingerprint density at radius 3 is 2.90 bits per heavy atom. The van der Waals surface area contributed by atoms with Gasteiger partial charge in [-0.1, -0.05) is 31.5 Å². The van der Waals surface area contributed by atoms with Crippen molar-refractivity contribution in [2.24, 2.45) is 10.7 Å². The van der Waals surface area contributed by atoms with Crippen molar-refractivity contribution >= 4 is 19.9 Å². The Bertz CT molecular complexity index is 733. The Morgan fingerprint density at radius 2 is 2.19 bits per heavy atom. The first-order chi connectivity index (χ1) is 14.9. The second-order valence-corrected chi connectivity index (χ2v) is 8.78. The molecule has 4 N–H and O–H groups in total. The highest BCUT2D eigenvalue weighted by Crippen LogP contribution is 2.44. The number of nitrogens with two attached hydrogens (primary N) is 1. The zero-order chi connectivity index (χ0) is 22.5. The molecule has 4 unspecified atom stereocenters. The van der Waals surface area contributed by atoms with Crippen LogP contribution in [0.4, 0.5) is 0 Å². The molecule has 0 radical (unpaired) electrons. The van der Waals surface area contributed by atoms with E-state index in [-0.39, 0.29) is 31.9 Å². The quantitative estimate of drug-likeness (QED) is 0.126. The number of unbranched alkanes of at least 4 members (excludes halogenated alkanes) is 1. The summed E-state index contributed by atoms with van der Waals surface area (Å²) in [5.41, 5.74) is 5.27. The summed E-state index contributed by atoms with van der Waals surface area (Å²) < 4.78 is 35.1. The van der Waals surface area contributed by atoms with Gasteiger partial charge < -0.3 is 24.8 Å². The van der Waals surface area contributed by atoms with Crippen LogP contribution in [-0.2, 0) is 23.4 Å². The van der Waals surface area contributed by atoms with Gasteiger partial charge in [0.25, 0.3) is 0 Å². The number of rotatable bonds is 14. The van der Waals surface area contributed by atoms with Gasteiger partial charge in [-0.05, 0) is 31.4 Å². The van der Waals surface area contributed by atoms with E-state index >= 15 is 0 Å². The molecule has 1 aliphatic heterocycles. The predicted molar refractivity (Wildman–Crippen MR) is 116 cm³/mol. The minimum Gasteiger partial charge on any atom is -0.465 e. The van der Waals surface area contributed by atoms with Crippen LogP contribution < -0.4 is 15.3 Å². The fraction of sp³-hybridized carbons (Fsp3) is 0.600. The summed E-state index contributed by atoms with van der Waals surface area (Å²) in [7, 11) is -3.86. The van der Waals surface area contributed by atoms with Gasteiger partial charge in [0, 0.05) is 12.6 Å². The van der Waals surface area contributed by atoms with Crippen molar-refractivity contribution in [3.8, 4) is 5.75 Å². The maximum atomic E-state index is 13.2. The van der Waals surface area contributed by atoms with Gasteiger partial charge in [0.2, 0.25) is 0 Å². The van der Waals surface area contributed by atoms with Crippen LogP contribution in [0.2, 0.25) is 0 Å². The normalized spacial score (nSPS) is 21.6. The van der Waals surface area contributed by atoms with E-state index in [1.165, 1.54) is 6.21 Å². The van der Waals surface area contributed by atoms with E-state index in [9.17, 15) is 9.36 Å². The summed E-state index contributed by atoms with van der Waals surface area (Å²) in [6.45, 7) is 1.98. The first kappa shape index (κ1) is 25.5. The van der Waals surface area contributed by atoms with Crippen molar-refractivity contribution in [1.29, 1.82) is 0 Å². The third-order valence-corrected chi connectivity index (χ3v) is 5.77. The molecule has 1 fully saturated rings. The molecule has 11 heteroatoms. The number of hydrogen-bond donors (Lipinski definition) is 3. The van der Waals surface area contributed by atoms with Gasteiger partial charge >= 0.3 is 13.7 Å². The third kappa shape index (κ3) is 10.4. The fourth-order valence-electron chi connectivity index (χ4n) is 2.65. The van der Waals surface area contributed by atoms with Crippen LogP contribution in [-0.4, -0.2) is 55.6 Å². The summed E-state index contributed by atoms with van der Waals surface area (Å²) in [4.78, 5) is 16.1. The number of ether oxygens (including phenoxy) is 2. The van der Waals surface area contributed by atoms with Gasteiger partial charge in [-0.2, -0.15) is 0 Å². The molecule has 1 aliphatic rings. The Hall–Kier alpha value is -1.81. The first-order valence-electron chi connectivity index (χ1n) is 10.4. The molecule has 31 heavy (non-hydrogen) atoms. The SMILES string of the molecule is CCCCOC(=O)CNP(=O)(OCC1CCC(N=CCC(N)O)O1)Oc1ccccc1. The zero-order valence-electron chi connectivity index (χ0n) is 17.7. The summed E-state index contributed by atoms with van der Waals surface area (Å²) >= 11 is 0. The molecular weight excluding hydrogens is 425 g/mol. The number of benzene rings is 1. The van der Waals surface area contributed by atoms with Gasteiger partial charge in [0.05, 0.1) is 19.3 Å². The number of aliphatic imine (C=N–C) groups is 1. The molecule has 1 heterocycles. The van der Waals surface area contributed by atoms with Gasteiger partial charge in [-0.15, -0.1) is 0 Å². The monoisotopic (exact) mass is 457 g/mol. The van der Waals surface area contributed by atoms with E-state index in [4.69, 9.17) is 29.4 Å². The van der Waals surface area contributed by atoms with Crippen LogP contribution in [0.15, 0.2) is 35.3 Å². The lowest BCUT2D eigenvalue weighted by Gasteiger charge is -2.21. The number of nitrogens with one attached hydrogen (secondary N) is 1. The minimum atomic E-state index is -3.86. The molecule has 1 saturated heterocycles. The highest BCUT2D eigenvalue weighted by molar-refractivity contribution is 7.52. The molecule has 0 aliphatic carbocycles. The van der Waals surface area contributed by atoms with Gasteiger partial charge in [0.15, 0.2) is 0 Å². The second-order valence-electron chi connectivity index (χ2n) is 7.03. The molecule has 1 aromatic rings. The Labute approximate surface area is 182 Å². The number of nitrogens with zero attached hydrogens (tertiary/aromatic N) is 1. The van der Waals surface area contributed by atoms with Crippen molar-refractivity contribution in [2.75, 3.05) is 19.8 Å². The van der Waals surface area contributed by atoms with Crippen molar-refractivity contribution < 1.29 is 33.0 Å². The largest absolute Gasteiger partial charge is 0.465 e. The maximum Gasteiger partial charge on any atom is 0.459 e. The summed E-state index contributed by atoms with van der Waals surface area (Å²) in [5, 5.41) is 11.6. The third-order valence-electron chi connectivity index (χ3n) is 4.28. The fourth-order valence-corrected chi connectivity index (χ4v) is 3.95. The smallest absolute Gasteiger partial charge is 0.459 e. The number of aliphatic hydroxyl groups excluding tert-OH is 1. The number of hydrogen-bond acceptors (Lipinski definition) is 9. The topological polar surface area (TPSA) is 142 Å². The van der Waals surface area contributed by atoms with E-state index in [1.54, 1.807) is 30.3 Å². The van der Waals surface area contributed by atoms with Crippen LogP contribution in [0, 0.1) is 0 Å². The highest BCUT2D eigenvalue weighted by atomic mass is 31.2. The molecule has 0 saturated carbocycles. The molecule has 4 atom stereocenters. The van der Waals surface area contributed by atoms with E-state index in [0.717, 1.165) is 12.8 Å². The lowest BCUT2D eigenvalue weighted by Crippen LogP contribution is -2.27. The van der Waals surface area contributed by atoms with E-state index in [1.807, 2.05) is 6.92 Å². The maximum absolute atomic E-state index is 13.2. The van der Waals surface area contributed by atoms with Gasteiger partial charge in [-0.25, -0.2) is 9.65 Å². The summed E-state index contributed by atoms with van der Waals surface area (Å²) in [6.07, 6.45) is 3.06. The minimum absolute atomic E-state index is 0.00642. The van der Waals surface area contributed by atoms with E-state index < -0.39 is 19.9 Å². The number of para-hydroxylation sites is 1. The van der Waals surface area contributed by atoms with Crippen LogP contribution in [0.25, 0.3) is 0 Å². The first-order valence-corrected chi connectivity index (χ1v) is 11.9. The van der Waals surface area contributed by atoms with E-state index in [0.29, 0.717) is 25.2 Å². The van der Waals surface area contributed by atoms with Crippen molar-refractivity contribution in [3.63, 3.8) is 0 Å². The number of carbonyl (C=O) groups is 1. The number of carbonyl (C=O) groups excluding carboxylic acids is 1. The van der Waals surface area contributed by atoms with Gasteiger partial charge in [0.1, 0.15) is 24.8 Å². The average molecular weight is 457 g/mol. The Kier molecular flexibility index (Phi) is 11.1. The predicted octanol–water partition coefficient (Wildman–Crippen LogP) is 2.37. The van der Waals surface area contributed by atoms with Crippen LogP contribution in [0.1, 0.15) is 39.0 Å². The Morgan fingerprint density at radius 1 is 1.42 bits per heavy atom. The van der Waals surface area contributed by atoms with Crippen LogP contribution >= 0.6 is 7.75 Å².